The Balaban J connectivity index is 1.50. The number of benzene rings is 1. The second-order valence-corrected chi connectivity index (χ2v) is 8.82. The number of aromatic nitrogens is 2. The lowest BCUT2D eigenvalue weighted by Crippen LogP contribution is -2.22. The number of anilines is 1. The maximum Gasteiger partial charge on any atom is 0.248 e. The van der Waals surface area contributed by atoms with Crippen molar-refractivity contribution in [2.45, 2.75) is 36.5 Å². The Kier molecular flexibility index (Phi) is 4.84. The van der Waals surface area contributed by atoms with E-state index in [2.05, 4.69) is 15.3 Å². The molecule has 0 unspecified atom stereocenters. The number of fused-ring (bicyclic) bond motifs is 3. The summed E-state index contributed by atoms with van der Waals surface area (Å²) in [5.74, 6) is -0.613. The summed E-state index contributed by atoms with van der Waals surface area (Å²) in [5.41, 5.74) is 7.62. The van der Waals surface area contributed by atoms with E-state index in [4.69, 9.17) is 5.73 Å². The molecule has 6 nitrogen and oxygen atoms in total. The Morgan fingerprint density at radius 1 is 1.22 bits per heavy atom. The number of thiophene rings is 1. The van der Waals surface area contributed by atoms with Gasteiger partial charge < -0.3 is 11.1 Å². The molecular formula is C19H18N4O2S2. The Hall–Kier alpha value is -2.45. The van der Waals surface area contributed by atoms with Gasteiger partial charge in [0.1, 0.15) is 16.2 Å². The standard InChI is InChI=1S/C19H18N4O2S2/c1-10(17(25)23-12-7-5-11(6-8-12)16(20)24)26-18-15-13-3-2-4-14(13)27-19(15)22-9-21-18/h5-10H,2-4H2,1H3,(H2,20,24)(H,23,25)/t10-/m1/s1. The Morgan fingerprint density at radius 3 is 2.74 bits per heavy atom. The van der Waals surface area contributed by atoms with Crippen molar-refractivity contribution in [1.82, 2.24) is 9.97 Å². The molecular weight excluding hydrogens is 380 g/mol. The normalized spacial score (nSPS) is 14.1. The van der Waals surface area contributed by atoms with Crippen molar-refractivity contribution >= 4 is 50.8 Å². The molecule has 2 heterocycles. The summed E-state index contributed by atoms with van der Waals surface area (Å²) in [5, 5.41) is 4.53. The van der Waals surface area contributed by atoms with Gasteiger partial charge in [0.15, 0.2) is 0 Å². The van der Waals surface area contributed by atoms with Crippen LogP contribution < -0.4 is 11.1 Å². The summed E-state index contributed by atoms with van der Waals surface area (Å²) in [6.45, 7) is 1.86. The Labute approximate surface area is 164 Å². The number of hydrogen-bond donors (Lipinski definition) is 2. The van der Waals surface area contributed by atoms with Crippen LogP contribution in [-0.4, -0.2) is 27.0 Å². The first-order chi connectivity index (χ1) is 13.0. The largest absolute Gasteiger partial charge is 0.366 e. The fourth-order valence-electron chi connectivity index (χ4n) is 3.17. The number of primary amides is 1. The number of amides is 2. The number of carbonyl (C=O) groups excluding carboxylic acids is 2. The highest BCUT2D eigenvalue weighted by molar-refractivity contribution is 8.00. The van der Waals surface area contributed by atoms with Gasteiger partial charge in [0.05, 0.1) is 5.25 Å². The van der Waals surface area contributed by atoms with E-state index in [0.29, 0.717) is 11.3 Å². The van der Waals surface area contributed by atoms with E-state index in [1.54, 1.807) is 41.9 Å². The second kappa shape index (κ2) is 7.28. The van der Waals surface area contributed by atoms with Gasteiger partial charge in [-0.1, -0.05) is 11.8 Å². The molecule has 0 saturated heterocycles. The molecule has 0 fully saturated rings. The molecule has 0 aliphatic heterocycles. The topological polar surface area (TPSA) is 98.0 Å². The van der Waals surface area contributed by atoms with Crippen molar-refractivity contribution in [3.63, 3.8) is 0 Å². The van der Waals surface area contributed by atoms with E-state index >= 15 is 0 Å². The van der Waals surface area contributed by atoms with Crippen LogP contribution in [0.3, 0.4) is 0 Å². The van der Waals surface area contributed by atoms with Crippen molar-refractivity contribution < 1.29 is 9.59 Å². The van der Waals surface area contributed by atoms with Crippen LogP contribution in [0, 0.1) is 0 Å². The van der Waals surface area contributed by atoms with E-state index < -0.39 is 5.91 Å². The van der Waals surface area contributed by atoms with E-state index in [1.165, 1.54) is 28.6 Å². The average molecular weight is 399 g/mol. The Morgan fingerprint density at radius 2 is 2.00 bits per heavy atom. The van der Waals surface area contributed by atoms with Gasteiger partial charge in [-0.25, -0.2) is 9.97 Å². The third-order valence-electron chi connectivity index (χ3n) is 4.56. The van der Waals surface area contributed by atoms with Gasteiger partial charge in [0.25, 0.3) is 0 Å². The molecule has 2 amide bonds. The summed E-state index contributed by atoms with van der Waals surface area (Å²) in [4.78, 5) is 35.0. The van der Waals surface area contributed by atoms with Crippen molar-refractivity contribution in [2.24, 2.45) is 5.73 Å². The summed E-state index contributed by atoms with van der Waals surface area (Å²) in [7, 11) is 0. The number of thioether (sulfide) groups is 1. The molecule has 1 aliphatic rings. The van der Waals surface area contributed by atoms with Crippen LogP contribution in [0.25, 0.3) is 10.2 Å². The van der Waals surface area contributed by atoms with E-state index in [-0.39, 0.29) is 11.2 Å². The Bertz CT molecular complexity index is 1030. The zero-order valence-corrected chi connectivity index (χ0v) is 16.3. The lowest BCUT2D eigenvalue weighted by Gasteiger charge is -2.12. The first kappa shape index (κ1) is 17.9. The molecule has 4 rings (SSSR count). The highest BCUT2D eigenvalue weighted by atomic mass is 32.2. The molecule has 2 aromatic heterocycles. The van der Waals surface area contributed by atoms with Crippen LogP contribution in [-0.2, 0) is 17.6 Å². The number of hydrogen-bond acceptors (Lipinski definition) is 6. The number of nitrogens with zero attached hydrogens (tertiary/aromatic N) is 2. The molecule has 3 aromatic rings. The van der Waals surface area contributed by atoms with Crippen molar-refractivity contribution in [3.05, 3.63) is 46.6 Å². The predicted molar refractivity (Wildman–Crippen MR) is 108 cm³/mol. The van der Waals surface area contributed by atoms with E-state index in [1.807, 2.05) is 6.92 Å². The summed E-state index contributed by atoms with van der Waals surface area (Å²) in [6.07, 6.45) is 4.91. The van der Waals surface area contributed by atoms with Gasteiger partial charge >= 0.3 is 0 Å². The molecule has 1 atom stereocenters. The SMILES string of the molecule is C[C@@H](Sc1ncnc2sc3c(c12)CCC3)C(=O)Nc1ccc(C(N)=O)cc1. The number of carbonyl (C=O) groups is 2. The summed E-state index contributed by atoms with van der Waals surface area (Å²) < 4.78 is 0. The van der Waals surface area contributed by atoms with Crippen molar-refractivity contribution in [1.29, 1.82) is 0 Å². The zero-order valence-electron chi connectivity index (χ0n) is 14.7. The molecule has 138 valence electrons. The predicted octanol–water partition coefficient (Wildman–Crippen LogP) is 3.40. The third-order valence-corrected chi connectivity index (χ3v) is 6.86. The molecule has 0 bridgehead atoms. The van der Waals surface area contributed by atoms with Crippen molar-refractivity contribution in [2.75, 3.05) is 5.32 Å². The van der Waals surface area contributed by atoms with Crippen molar-refractivity contribution in [3.8, 4) is 0 Å². The summed E-state index contributed by atoms with van der Waals surface area (Å²) in [6, 6.07) is 6.53. The molecule has 1 aromatic carbocycles. The van der Waals surface area contributed by atoms with Crippen LogP contribution in [0.4, 0.5) is 5.69 Å². The average Bonchev–Trinajstić information content (AvgIpc) is 3.23. The highest BCUT2D eigenvalue weighted by Crippen LogP contribution is 2.40. The maximum absolute atomic E-state index is 12.6. The maximum atomic E-state index is 12.6. The molecule has 0 saturated carbocycles. The monoisotopic (exact) mass is 398 g/mol. The molecule has 0 radical (unpaired) electrons. The highest BCUT2D eigenvalue weighted by Gasteiger charge is 2.24. The first-order valence-corrected chi connectivity index (χ1v) is 10.3. The molecule has 0 spiro atoms. The molecule has 8 heteroatoms. The third kappa shape index (κ3) is 3.54. The van der Waals surface area contributed by atoms with Gasteiger partial charge in [-0.05, 0) is 56.0 Å². The van der Waals surface area contributed by atoms with Crippen LogP contribution >= 0.6 is 23.1 Å². The van der Waals surface area contributed by atoms with Crippen LogP contribution in [0.5, 0.6) is 0 Å². The molecule has 1 aliphatic carbocycles. The molecule has 27 heavy (non-hydrogen) atoms. The van der Waals surface area contributed by atoms with Gasteiger partial charge in [-0.2, -0.15) is 0 Å². The lowest BCUT2D eigenvalue weighted by molar-refractivity contribution is -0.115. The lowest BCUT2D eigenvalue weighted by atomic mass is 10.2. The summed E-state index contributed by atoms with van der Waals surface area (Å²) >= 11 is 3.19. The minimum Gasteiger partial charge on any atom is -0.366 e. The van der Waals surface area contributed by atoms with E-state index in [9.17, 15) is 9.59 Å². The van der Waals surface area contributed by atoms with Gasteiger partial charge in [0, 0.05) is 21.5 Å². The van der Waals surface area contributed by atoms with E-state index in [0.717, 1.165) is 28.1 Å². The smallest absolute Gasteiger partial charge is 0.248 e. The fourth-order valence-corrected chi connectivity index (χ4v) is 5.41. The second-order valence-electron chi connectivity index (χ2n) is 6.41. The fraction of sp³-hybridized carbons (Fsp3) is 0.263. The zero-order chi connectivity index (χ0) is 19.0. The van der Waals surface area contributed by atoms with Gasteiger partial charge in [0.2, 0.25) is 11.8 Å². The number of aryl methyl sites for hydroxylation is 2. The van der Waals surface area contributed by atoms with Gasteiger partial charge in [-0.3, -0.25) is 9.59 Å². The van der Waals surface area contributed by atoms with Crippen LogP contribution in [0.1, 0.15) is 34.1 Å². The minimum atomic E-state index is -0.493. The van der Waals surface area contributed by atoms with Crippen LogP contribution in [0.15, 0.2) is 35.6 Å². The number of rotatable bonds is 5. The van der Waals surface area contributed by atoms with Gasteiger partial charge in [-0.15, -0.1) is 11.3 Å². The molecule has 3 N–H and O–H groups in total. The van der Waals surface area contributed by atoms with Crippen LogP contribution in [0.2, 0.25) is 0 Å². The minimum absolute atomic E-state index is 0.120. The number of nitrogens with two attached hydrogens (primary N) is 1. The quantitative estimate of drug-likeness (QED) is 0.507. The number of nitrogens with one attached hydrogen (secondary N) is 1. The first-order valence-electron chi connectivity index (χ1n) is 8.65.